The maximum atomic E-state index is 12.6. The molecular weight excluding hydrogens is 378 g/mol. The third-order valence-corrected chi connectivity index (χ3v) is 4.59. The highest BCUT2D eigenvalue weighted by Gasteiger charge is 2.12. The Kier molecular flexibility index (Phi) is 7.16. The van der Waals surface area contributed by atoms with E-state index in [-0.39, 0.29) is 17.9 Å². The van der Waals surface area contributed by atoms with Gasteiger partial charge in [-0.25, -0.2) is 0 Å². The first kappa shape index (κ1) is 21.0. The van der Waals surface area contributed by atoms with E-state index in [4.69, 9.17) is 4.74 Å². The molecule has 0 spiro atoms. The molecule has 30 heavy (non-hydrogen) atoms. The number of aromatic nitrogens is 1. The summed E-state index contributed by atoms with van der Waals surface area (Å²) >= 11 is 0. The van der Waals surface area contributed by atoms with Crippen molar-refractivity contribution in [2.75, 3.05) is 5.32 Å². The van der Waals surface area contributed by atoms with Crippen molar-refractivity contribution in [3.05, 3.63) is 89.7 Å². The third kappa shape index (κ3) is 5.91. The number of hydrogen-bond acceptors (Lipinski definition) is 4. The molecule has 0 bridgehead atoms. The van der Waals surface area contributed by atoms with Crippen LogP contribution >= 0.6 is 0 Å². The molecule has 2 N–H and O–H groups in total. The van der Waals surface area contributed by atoms with Gasteiger partial charge in [-0.15, -0.1) is 0 Å². The van der Waals surface area contributed by atoms with E-state index in [9.17, 15) is 9.59 Å². The van der Waals surface area contributed by atoms with Crippen LogP contribution in [0, 0.1) is 0 Å². The summed E-state index contributed by atoms with van der Waals surface area (Å²) in [5.41, 5.74) is 3.07. The van der Waals surface area contributed by atoms with Crippen molar-refractivity contribution >= 4 is 17.5 Å². The topological polar surface area (TPSA) is 80.3 Å². The summed E-state index contributed by atoms with van der Waals surface area (Å²) in [5, 5.41) is 5.75. The standard InChI is InChI=1S/C24H25N3O3/c1-3-23(28)27-21-8-4-7-20(14-21)24(29)26-17(2)19-9-11-22(12-10-19)30-16-18-6-5-13-25-15-18/h4-15,17H,3,16H2,1-2H3,(H,26,29)(H,27,28). The van der Waals surface area contributed by atoms with Gasteiger partial charge in [-0.05, 0) is 48.9 Å². The minimum atomic E-state index is -0.202. The maximum absolute atomic E-state index is 12.6. The van der Waals surface area contributed by atoms with E-state index in [1.807, 2.05) is 43.3 Å². The summed E-state index contributed by atoms with van der Waals surface area (Å²) in [7, 11) is 0. The molecule has 154 valence electrons. The van der Waals surface area contributed by atoms with Crippen LogP contribution in [-0.4, -0.2) is 16.8 Å². The lowest BCUT2D eigenvalue weighted by Gasteiger charge is -2.16. The first-order valence-electron chi connectivity index (χ1n) is 9.87. The molecule has 3 rings (SSSR count). The number of benzene rings is 2. The Morgan fingerprint density at radius 3 is 2.57 bits per heavy atom. The van der Waals surface area contributed by atoms with Gasteiger partial charge in [0.1, 0.15) is 12.4 Å². The van der Waals surface area contributed by atoms with Crippen molar-refractivity contribution in [2.45, 2.75) is 32.9 Å². The molecule has 1 heterocycles. The van der Waals surface area contributed by atoms with Gasteiger partial charge in [0.15, 0.2) is 0 Å². The molecule has 0 saturated carbocycles. The lowest BCUT2D eigenvalue weighted by Crippen LogP contribution is -2.26. The third-order valence-electron chi connectivity index (χ3n) is 4.59. The molecule has 3 aromatic rings. The van der Waals surface area contributed by atoms with Gasteiger partial charge in [-0.3, -0.25) is 14.6 Å². The predicted octanol–water partition coefficient (Wildman–Crippen LogP) is 4.50. The first-order valence-corrected chi connectivity index (χ1v) is 9.87. The van der Waals surface area contributed by atoms with E-state index in [1.54, 1.807) is 43.6 Å². The van der Waals surface area contributed by atoms with Crippen LogP contribution in [0.4, 0.5) is 5.69 Å². The highest BCUT2D eigenvalue weighted by atomic mass is 16.5. The lowest BCUT2D eigenvalue weighted by molar-refractivity contribution is -0.115. The predicted molar refractivity (Wildman–Crippen MR) is 116 cm³/mol. The van der Waals surface area contributed by atoms with Crippen molar-refractivity contribution in [2.24, 2.45) is 0 Å². The van der Waals surface area contributed by atoms with Crippen LogP contribution in [0.1, 0.15) is 47.8 Å². The Labute approximate surface area is 176 Å². The van der Waals surface area contributed by atoms with Gasteiger partial charge < -0.3 is 15.4 Å². The van der Waals surface area contributed by atoms with E-state index in [0.717, 1.165) is 16.9 Å². The van der Waals surface area contributed by atoms with Crippen molar-refractivity contribution in [3.63, 3.8) is 0 Å². The number of carbonyl (C=O) groups is 2. The number of rotatable bonds is 8. The normalized spacial score (nSPS) is 11.4. The number of anilines is 1. The average molecular weight is 403 g/mol. The summed E-state index contributed by atoms with van der Waals surface area (Å²) in [6.07, 6.45) is 3.88. The van der Waals surface area contributed by atoms with Gasteiger partial charge in [-0.2, -0.15) is 0 Å². The van der Waals surface area contributed by atoms with Crippen molar-refractivity contribution in [3.8, 4) is 5.75 Å². The summed E-state index contributed by atoms with van der Waals surface area (Å²) < 4.78 is 5.77. The average Bonchev–Trinajstić information content (AvgIpc) is 2.78. The first-order chi connectivity index (χ1) is 14.5. The second kappa shape index (κ2) is 10.2. The van der Waals surface area contributed by atoms with Crippen LogP contribution in [0.3, 0.4) is 0 Å². The summed E-state index contributed by atoms with van der Waals surface area (Å²) in [5.74, 6) is 0.458. The van der Waals surface area contributed by atoms with E-state index >= 15 is 0 Å². The van der Waals surface area contributed by atoms with Crippen molar-refractivity contribution < 1.29 is 14.3 Å². The Bertz CT molecular complexity index is 988. The Morgan fingerprint density at radius 1 is 1.07 bits per heavy atom. The van der Waals surface area contributed by atoms with E-state index in [2.05, 4.69) is 15.6 Å². The molecule has 1 aromatic heterocycles. The number of nitrogens with one attached hydrogen (secondary N) is 2. The van der Waals surface area contributed by atoms with E-state index in [0.29, 0.717) is 24.3 Å². The lowest BCUT2D eigenvalue weighted by atomic mass is 10.1. The van der Waals surface area contributed by atoms with Crippen LogP contribution < -0.4 is 15.4 Å². The summed E-state index contributed by atoms with van der Waals surface area (Å²) in [4.78, 5) is 28.2. The van der Waals surface area contributed by atoms with Crippen LogP contribution in [0.5, 0.6) is 5.75 Å². The summed E-state index contributed by atoms with van der Waals surface area (Å²) in [6.45, 7) is 4.15. The number of amides is 2. The van der Waals surface area contributed by atoms with Gasteiger partial charge in [0, 0.05) is 35.6 Å². The second-order valence-corrected chi connectivity index (χ2v) is 6.90. The maximum Gasteiger partial charge on any atom is 0.251 e. The fourth-order valence-electron chi connectivity index (χ4n) is 2.85. The zero-order valence-corrected chi connectivity index (χ0v) is 17.1. The Morgan fingerprint density at radius 2 is 1.87 bits per heavy atom. The van der Waals surface area contributed by atoms with Crippen molar-refractivity contribution in [1.29, 1.82) is 0 Å². The quantitative estimate of drug-likeness (QED) is 0.580. The molecule has 6 heteroatoms. The highest BCUT2D eigenvalue weighted by Crippen LogP contribution is 2.19. The molecular formula is C24H25N3O3. The monoisotopic (exact) mass is 403 g/mol. The van der Waals surface area contributed by atoms with E-state index in [1.165, 1.54) is 0 Å². The Hall–Kier alpha value is -3.67. The molecule has 2 amide bonds. The van der Waals surface area contributed by atoms with E-state index < -0.39 is 0 Å². The minimum Gasteiger partial charge on any atom is -0.489 e. The number of carbonyl (C=O) groups excluding carboxylic acids is 2. The number of nitrogens with zero attached hydrogens (tertiary/aromatic N) is 1. The van der Waals surface area contributed by atoms with Crippen molar-refractivity contribution in [1.82, 2.24) is 10.3 Å². The molecule has 1 unspecified atom stereocenters. The fourth-order valence-corrected chi connectivity index (χ4v) is 2.85. The molecule has 2 aromatic carbocycles. The zero-order chi connectivity index (χ0) is 21.3. The number of hydrogen-bond donors (Lipinski definition) is 2. The molecule has 0 saturated heterocycles. The van der Waals surface area contributed by atoms with Crippen LogP contribution in [0.25, 0.3) is 0 Å². The van der Waals surface area contributed by atoms with Gasteiger partial charge in [0.2, 0.25) is 5.91 Å². The van der Waals surface area contributed by atoms with Gasteiger partial charge >= 0.3 is 0 Å². The largest absolute Gasteiger partial charge is 0.489 e. The fraction of sp³-hybridized carbons (Fsp3) is 0.208. The smallest absolute Gasteiger partial charge is 0.251 e. The summed E-state index contributed by atoms with van der Waals surface area (Å²) in [6, 6.07) is 18.2. The Balaban J connectivity index is 1.57. The number of pyridine rings is 1. The molecule has 0 radical (unpaired) electrons. The second-order valence-electron chi connectivity index (χ2n) is 6.90. The van der Waals surface area contributed by atoms with Crippen LogP contribution in [0.15, 0.2) is 73.1 Å². The molecule has 0 aliphatic heterocycles. The molecule has 0 aliphatic rings. The minimum absolute atomic E-state index is 0.0910. The number of ether oxygens (including phenoxy) is 1. The van der Waals surface area contributed by atoms with Gasteiger partial charge in [0.05, 0.1) is 6.04 Å². The highest BCUT2D eigenvalue weighted by molar-refractivity contribution is 5.97. The SMILES string of the molecule is CCC(=O)Nc1cccc(C(=O)NC(C)c2ccc(OCc3cccnc3)cc2)c1. The van der Waals surface area contributed by atoms with Crippen LogP contribution in [0.2, 0.25) is 0 Å². The molecule has 0 fully saturated rings. The molecule has 6 nitrogen and oxygen atoms in total. The van der Waals surface area contributed by atoms with Crippen LogP contribution in [-0.2, 0) is 11.4 Å². The molecule has 1 atom stereocenters. The van der Waals surface area contributed by atoms with Gasteiger partial charge in [0.25, 0.3) is 5.91 Å². The van der Waals surface area contributed by atoms with Gasteiger partial charge in [-0.1, -0.05) is 31.2 Å². The molecule has 0 aliphatic carbocycles. The zero-order valence-electron chi connectivity index (χ0n) is 17.1.